The first-order valence-corrected chi connectivity index (χ1v) is 5.83. The summed E-state index contributed by atoms with van der Waals surface area (Å²) in [5, 5.41) is 2.17. The Bertz CT molecular complexity index is 561. The number of ether oxygens (including phenoxy) is 1. The van der Waals surface area contributed by atoms with Crippen LogP contribution in [0.1, 0.15) is 19.4 Å². The fourth-order valence-corrected chi connectivity index (χ4v) is 1.78. The molecule has 0 fully saturated rings. The SMILES string of the molecule is C#Cc1ccc(OCC(C)C)c2ccccc12. The molecule has 2 aromatic rings. The molecule has 17 heavy (non-hydrogen) atoms. The minimum absolute atomic E-state index is 0.515. The van der Waals surface area contributed by atoms with Crippen molar-refractivity contribution in [3.63, 3.8) is 0 Å². The van der Waals surface area contributed by atoms with Gasteiger partial charge in [0.15, 0.2) is 0 Å². The van der Waals surface area contributed by atoms with E-state index in [1.807, 2.05) is 36.4 Å². The third-order valence-electron chi connectivity index (χ3n) is 2.61. The van der Waals surface area contributed by atoms with Crippen molar-refractivity contribution in [1.82, 2.24) is 0 Å². The van der Waals surface area contributed by atoms with Gasteiger partial charge in [0.05, 0.1) is 6.61 Å². The Kier molecular flexibility index (Phi) is 3.35. The quantitative estimate of drug-likeness (QED) is 0.719. The van der Waals surface area contributed by atoms with Crippen LogP contribution >= 0.6 is 0 Å². The minimum Gasteiger partial charge on any atom is -0.493 e. The van der Waals surface area contributed by atoms with Crippen LogP contribution in [0.4, 0.5) is 0 Å². The Morgan fingerprint density at radius 1 is 1.12 bits per heavy atom. The molecule has 0 saturated heterocycles. The molecule has 0 atom stereocenters. The summed E-state index contributed by atoms with van der Waals surface area (Å²) >= 11 is 0. The van der Waals surface area contributed by atoms with E-state index in [1.165, 1.54) is 0 Å². The van der Waals surface area contributed by atoms with E-state index >= 15 is 0 Å². The van der Waals surface area contributed by atoms with E-state index < -0.39 is 0 Å². The van der Waals surface area contributed by atoms with Crippen LogP contribution in [0.25, 0.3) is 10.8 Å². The molecule has 0 aromatic heterocycles. The standard InChI is InChI=1S/C16H16O/c1-4-13-9-10-16(17-11-12(2)3)15-8-6-5-7-14(13)15/h1,5-10,12H,11H2,2-3H3. The molecule has 0 aliphatic carbocycles. The van der Waals surface area contributed by atoms with E-state index in [1.54, 1.807) is 0 Å². The number of fused-ring (bicyclic) bond motifs is 1. The zero-order chi connectivity index (χ0) is 12.3. The maximum absolute atomic E-state index is 5.81. The zero-order valence-electron chi connectivity index (χ0n) is 10.2. The van der Waals surface area contributed by atoms with Gasteiger partial charge in [-0.15, -0.1) is 6.42 Å². The van der Waals surface area contributed by atoms with Crippen LogP contribution in [-0.2, 0) is 0 Å². The number of hydrogen-bond acceptors (Lipinski definition) is 1. The van der Waals surface area contributed by atoms with E-state index in [0.717, 1.165) is 28.7 Å². The molecule has 0 radical (unpaired) electrons. The van der Waals surface area contributed by atoms with Crippen LogP contribution < -0.4 is 4.74 Å². The van der Waals surface area contributed by atoms with Gasteiger partial charge >= 0.3 is 0 Å². The molecule has 0 bridgehead atoms. The predicted molar refractivity (Wildman–Crippen MR) is 72.2 cm³/mol. The molecule has 2 rings (SSSR count). The van der Waals surface area contributed by atoms with E-state index in [2.05, 4.69) is 19.8 Å². The average Bonchev–Trinajstić information content (AvgIpc) is 2.35. The molecule has 2 aromatic carbocycles. The third-order valence-corrected chi connectivity index (χ3v) is 2.61. The van der Waals surface area contributed by atoms with Gasteiger partial charge in [-0.1, -0.05) is 44.0 Å². The summed E-state index contributed by atoms with van der Waals surface area (Å²) in [6.45, 7) is 5.00. The van der Waals surface area contributed by atoms with E-state index in [0.29, 0.717) is 5.92 Å². The van der Waals surface area contributed by atoms with Gasteiger partial charge < -0.3 is 4.74 Å². The monoisotopic (exact) mass is 224 g/mol. The van der Waals surface area contributed by atoms with Crippen molar-refractivity contribution in [1.29, 1.82) is 0 Å². The van der Waals surface area contributed by atoms with Crippen molar-refractivity contribution in [2.45, 2.75) is 13.8 Å². The number of benzene rings is 2. The highest BCUT2D eigenvalue weighted by Gasteiger charge is 2.05. The van der Waals surface area contributed by atoms with E-state index in [-0.39, 0.29) is 0 Å². The van der Waals surface area contributed by atoms with Crippen LogP contribution in [0.5, 0.6) is 5.75 Å². The third kappa shape index (κ3) is 2.42. The summed E-state index contributed by atoms with van der Waals surface area (Å²) in [5.74, 6) is 4.13. The second kappa shape index (κ2) is 4.93. The highest BCUT2D eigenvalue weighted by Crippen LogP contribution is 2.28. The molecule has 0 amide bonds. The van der Waals surface area contributed by atoms with Crippen molar-refractivity contribution in [3.8, 4) is 18.1 Å². The van der Waals surface area contributed by atoms with Crippen molar-refractivity contribution >= 4 is 10.8 Å². The first-order chi connectivity index (χ1) is 8.22. The van der Waals surface area contributed by atoms with Crippen LogP contribution in [-0.4, -0.2) is 6.61 Å². The Morgan fingerprint density at radius 2 is 1.82 bits per heavy atom. The van der Waals surface area contributed by atoms with Gasteiger partial charge in [0, 0.05) is 16.3 Å². The van der Waals surface area contributed by atoms with Crippen molar-refractivity contribution in [3.05, 3.63) is 42.0 Å². The molecule has 0 unspecified atom stereocenters. The molecule has 0 N–H and O–H groups in total. The lowest BCUT2D eigenvalue weighted by Gasteiger charge is -2.12. The zero-order valence-corrected chi connectivity index (χ0v) is 10.2. The van der Waals surface area contributed by atoms with Gasteiger partial charge in [0.1, 0.15) is 5.75 Å². The smallest absolute Gasteiger partial charge is 0.127 e. The second-order valence-electron chi connectivity index (χ2n) is 4.51. The Labute approximate surface area is 102 Å². The largest absolute Gasteiger partial charge is 0.493 e. The van der Waals surface area contributed by atoms with Gasteiger partial charge in [-0.2, -0.15) is 0 Å². The predicted octanol–water partition coefficient (Wildman–Crippen LogP) is 3.86. The summed E-state index contributed by atoms with van der Waals surface area (Å²) in [6, 6.07) is 12.0. The molecular formula is C16H16O. The fourth-order valence-electron chi connectivity index (χ4n) is 1.78. The van der Waals surface area contributed by atoms with Crippen molar-refractivity contribution in [2.75, 3.05) is 6.61 Å². The number of terminal acetylenes is 1. The Balaban J connectivity index is 2.48. The van der Waals surface area contributed by atoms with E-state index in [9.17, 15) is 0 Å². The lowest BCUT2D eigenvalue weighted by atomic mass is 10.0. The van der Waals surface area contributed by atoms with Crippen LogP contribution in [0.15, 0.2) is 36.4 Å². The van der Waals surface area contributed by atoms with Gasteiger partial charge in [0.2, 0.25) is 0 Å². The summed E-state index contributed by atoms with van der Waals surface area (Å²) < 4.78 is 5.81. The van der Waals surface area contributed by atoms with Crippen LogP contribution in [0.3, 0.4) is 0 Å². The number of hydrogen-bond donors (Lipinski definition) is 0. The minimum atomic E-state index is 0.515. The van der Waals surface area contributed by atoms with Gasteiger partial charge in [-0.25, -0.2) is 0 Å². The molecule has 1 nitrogen and oxygen atoms in total. The maximum Gasteiger partial charge on any atom is 0.127 e. The molecule has 0 saturated carbocycles. The lowest BCUT2D eigenvalue weighted by Crippen LogP contribution is -2.04. The van der Waals surface area contributed by atoms with Crippen molar-refractivity contribution in [2.24, 2.45) is 5.92 Å². The Hall–Kier alpha value is -1.94. The Morgan fingerprint density at radius 3 is 2.47 bits per heavy atom. The molecule has 86 valence electrons. The molecular weight excluding hydrogens is 208 g/mol. The summed E-state index contributed by atoms with van der Waals surface area (Å²) in [4.78, 5) is 0. The first-order valence-electron chi connectivity index (χ1n) is 5.83. The molecule has 0 aliphatic heterocycles. The van der Waals surface area contributed by atoms with Gasteiger partial charge in [-0.3, -0.25) is 0 Å². The van der Waals surface area contributed by atoms with Gasteiger partial charge in [0.25, 0.3) is 0 Å². The average molecular weight is 224 g/mol. The highest BCUT2D eigenvalue weighted by atomic mass is 16.5. The molecule has 0 aliphatic rings. The highest BCUT2D eigenvalue weighted by molar-refractivity contribution is 5.92. The van der Waals surface area contributed by atoms with Crippen molar-refractivity contribution < 1.29 is 4.74 Å². The van der Waals surface area contributed by atoms with Crippen LogP contribution in [0, 0.1) is 18.3 Å². The topological polar surface area (TPSA) is 9.23 Å². The van der Waals surface area contributed by atoms with E-state index in [4.69, 9.17) is 11.2 Å². The molecule has 0 heterocycles. The lowest BCUT2D eigenvalue weighted by molar-refractivity contribution is 0.274. The maximum atomic E-state index is 5.81. The number of rotatable bonds is 3. The molecule has 1 heteroatoms. The second-order valence-corrected chi connectivity index (χ2v) is 4.51. The van der Waals surface area contributed by atoms with Crippen LogP contribution in [0.2, 0.25) is 0 Å². The first kappa shape index (κ1) is 11.5. The van der Waals surface area contributed by atoms with Gasteiger partial charge in [-0.05, 0) is 18.1 Å². The summed E-state index contributed by atoms with van der Waals surface area (Å²) in [5.41, 5.74) is 0.914. The fraction of sp³-hybridized carbons (Fsp3) is 0.250. The summed E-state index contributed by atoms with van der Waals surface area (Å²) in [7, 11) is 0. The summed E-state index contributed by atoms with van der Waals surface area (Å²) in [6.07, 6.45) is 5.50. The molecule has 0 spiro atoms. The normalized spacial score (nSPS) is 10.5.